The molecule has 2 aromatic heterocycles. The Hall–Kier alpha value is -3.47. The van der Waals surface area contributed by atoms with Crippen LogP contribution in [0.4, 0.5) is 4.39 Å². The second-order valence-corrected chi connectivity index (χ2v) is 8.10. The number of fused-ring (bicyclic) bond motifs is 3. The highest BCUT2D eigenvalue weighted by molar-refractivity contribution is 5.80. The van der Waals surface area contributed by atoms with Gasteiger partial charge in [0, 0.05) is 24.2 Å². The number of aromatic nitrogens is 4. The van der Waals surface area contributed by atoms with Gasteiger partial charge in [-0.1, -0.05) is 31.7 Å². The summed E-state index contributed by atoms with van der Waals surface area (Å²) in [5, 5.41) is 4.64. The number of rotatable bonds is 4. The van der Waals surface area contributed by atoms with Crippen LogP contribution in [0, 0.1) is 12.7 Å². The Bertz CT molecular complexity index is 1260. The predicted octanol–water partition coefficient (Wildman–Crippen LogP) is 5.29. The zero-order valence-electron chi connectivity index (χ0n) is 17.1. The van der Waals surface area contributed by atoms with E-state index in [1.807, 2.05) is 36.4 Å². The third-order valence-electron chi connectivity index (χ3n) is 5.80. The number of benzene rings is 2. The molecule has 0 spiro atoms. The maximum atomic E-state index is 13.7. The summed E-state index contributed by atoms with van der Waals surface area (Å²) in [6, 6.07) is 13.4. The van der Waals surface area contributed by atoms with Gasteiger partial charge in [0.25, 0.3) is 0 Å². The lowest BCUT2D eigenvalue weighted by Crippen LogP contribution is -2.17. The molecule has 30 heavy (non-hydrogen) atoms. The van der Waals surface area contributed by atoms with Crippen molar-refractivity contribution in [2.45, 2.75) is 32.7 Å². The number of aryl methyl sites for hydroxylation is 1. The van der Waals surface area contributed by atoms with Crippen LogP contribution in [0.1, 0.15) is 46.5 Å². The van der Waals surface area contributed by atoms with Gasteiger partial charge in [-0.25, -0.2) is 14.1 Å². The van der Waals surface area contributed by atoms with Crippen molar-refractivity contribution in [3.05, 3.63) is 107 Å². The lowest BCUT2D eigenvalue weighted by molar-refractivity contribution is 0.605. The first-order valence-corrected chi connectivity index (χ1v) is 10.1. The minimum absolute atomic E-state index is 0.203. The van der Waals surface area contributed by atoms with Crippen LogP contribution < -0.4 is 0 Å². The van der Waals surface area contributed by atoms with Crippen molar-refractivity contribution in [2.75, 3.05) is 0 Å². The van der Waals surface area contributed by atoms with Gasteiger partial charge in [0.15, 0.2) is 0 Å². The third-order valence-corrected chi connectivity index (χ3v) is 5.80. The summed E-state index contributed by atoms with van der Waals surface area (Å²) in [5.41, 5.74) is 8.37. The van der Waals surface area contributed by atoms with Gasteiger partial charge in [0.05, 0.1) is 29.6 Å². The Labute approximate surface area is 175 Å². The van der Waals surface area contributed by atoms with E-state index in [9.17, 15) is 4.39 Å². The van der Waals surface area contributed by atoms with Crippen LogP contribution in [0.2, 0.25) is 0 Å². The molecule has 4 aromatic rings. The molecule has 0 saturated carbocycles. The van der Waals surface area contributed by atoms with Crippen LogP contribution >= 0.6 is 0 Å². The van der Waals surface area contributed by atoms with Crippen LogP contribution in [0.25, 0.3) is 11.3 Å². The van der Waals surface area contributed by atoms with Crippen molar-refractivity contribution in [3.8, 4) is 5.69 Å². The lowest BCUT2D eigenvalue weighted by atomic mass is 9.88. The van der Waals surface area contributed by atoms with Crippen molar-refractivity contribution in [2.24, 2.45) is 0 Å². The fraction of sp³-hybridized carbons (Fsp3) is 0.200. The Morgan fingerprint density at radius 3 is 2.90 bits per heavy atom. The molecule has 0 N–H and O–H groups in total. The highest BCUT2D eigenvalue weighted by Crippen LogP contribution is 2.37. The van der Waals surface area contributed by atoms with E-state index in [-0.39, 0.29) is 11.7 Å². The maximum Gasteiger partial charge on any atom is 0.123 e. The van der Waals surface area contributed by atoms with Gasteiger partial charge in [-0.15, -0.1) is 0 Å². The van der Waals surface area contributed by atoms with Crippen molar-refractivity contribution in [3.63, 3.8) is 0 Å². The Morgan fingerprint density at radius 1 is 1.23 bits per heavy atom. The first-order valence-electron chi connectivity index (χ1n) is 10.1. The average Bonchev–Trinajstić information content (AvgIpc) is 3.34. The normalized spacial score (nSPS) is 15.0. The zero-order chi connectivity index (χ0) is 20.8. The number of hydrogen-bond donors (Lipinski definition) is 0. The maximum absolute atomic E-state index is 13.7. The average molecular weight is 398 g/mol. The molecule has 1 aliphatic heterocycles. The van der Waals surface area contributed by atoms with Crippen molar-refractivity contribution < 1.29 is 4.39 Å². The van der Waals surface area contributed by atoms with Crippen LogP contribution in [-0.4, -0.2) is 19.3 Å². The van der Waals surface area contributed by atoms with E-state index >= 15 is 0 Å². The monoisotopic (exact) mass is 398 g/mol. The molecule has 0 aliphatic carbocycles. The van der Waals surface area contributed by atoms with E-state index in [1.165, 1.54) is 11.6 Å². The molecule has 5 rings (SSSR count). The Kier molecular flexibility index (Phi) is 4.39. The molecule has 4 nitrogen and oxygen atoms in total. The SMILES string of the molecule is C=C(c1cccc(Cn2cnc(C)c2)c1)c1cnn2c1[C@H](C)Cc1cc(F)ccc1-2. The number of nitrogens with zero attached hydrogens (tertiary/aromatic N) is 4. The van der Waals surface area contributed by atoms with Gasteiger partial charge >= 0.3 is 0 Å². The topological polar surface area (TPSA) is 35.6 Å². The predicted molar refractivity (Wildman–Crippen MR) is 116 cm³/mol. The molecule has 2 aromatic carbocycles. The zero-order valence-corrected chi connectivity index (χ0v) is 17.1. The second kappa shape index (κ2) is 7.10. The number of halogens is 1. The van der Waals surface area contributed by atoms with Crippen molar-refractivity contribution in [1.82, 2.24) is 19.3 Å². The van der Waals surface area contributed by atoms with Crippen LogP contribution in [0.15, 0.2) is 67.8 Å². The first kappa shape index (κ1) is 18.6. The molecule has 0 radical (unpaired) electrons. The molecule has 150 valence electrons. The van der Waals surface area contributed by atoms with E-state index < -0.39 is 0 Å². The first-order chi connectivity index (χ1) is 14.5. The third kappa shape index (κ3) is 3.16. The van der Waals surface area contributed by atoms with E-state index in [1.54, 1.807) is 6.07 Å². The molecule has 0 amide bonds. The quantitative estimate of drug-likeness (QED) is 0.468. The fourth-order valence-corrected chi connectivity index (χ4v) is 4.39. The largest absolute Gasteiger partial charge is 0.333 e. The summed E-state index contributed by atoms with van der Waals surface area (Å²) in [7, 11) is 0. The van der Waals surface area contributed by atoms with Gasteiger partial charge in [0.1, 0.15) is 5.82 Å². The lowest BCUT2D eigenvalue weighted by Gasteiger charge is -2.25. The van der Waals surface area contributed by atoms with E-state index in [0.29, 0.717) is 0 Å². The highest BCUT2D eigenvalue weighted by Gasteiger charge is 2.27. The summed E-state index contributed by atoms with van der Waals surface area (Å²) in [4.78, 5) is 4.30. The highest BCUT2D eigenvalue weighted by atomic mass is 19.1. The fourth-order valence-electron chi connectivity index (χ4n) is 4.39. The summed E-state index contributed by atoms with van der Waals surface area (Å²) in [5.74, 6) is 0.0248. The van der Waals surface area contributed by atoms with Crippen LogP contribution in [0.5, 0.6) is 0 Å². The van der Waals surface area contributed by atoms with Crippen LogP contribution in [-0.2, 0) is 13.0 Å². The summed E-state index contributed by atoms with van der Waals surface area (Å²) >= 11 is 0. The standard InChI is InChI=1S/C25H23FN4/c1-16-9-21-11-22(26)7-8-24(21)30-25(16)23(12-28-30)18(3)20-6-4-5-19(10-20)14-29-13-17(2)27-15-29/h4-8,10-13,15-16H,3,9,14H2,1-2H3/t16-/m1/s1. The molecule has 0 fully saturated rings. The second-order valence-electron chi connectivity index (χ2n) is 8.10. The van der Waals surface area contributed by atoms with Crippen molar-refractivity contribution >= 4 is 5.57 Å². The molecular formula is C25H23FN4. The van der Waals surface area contributed by atoms with Gasteiger partial charge in [-0.05, 0) is 59.9 Å². The van der Waals surface area contributed by atoms with E-state index in [0.717, 1.165) is 52.3 Å². The van der Waals surface area contributed by atoms with Crippen LogP contribution in [0.3, 0.4) is 0 Å². The van der Waals surface area contributed by atoms with Gasteiger partial charge in [0.2, 0.25) is 0 Å². The molecule has 0 unspecified atom stereocenters. The Morgan fingerprint density at radius 2 is 2.10 bits per heavy atom. The molecule has 1 aliphatic rings. The molecule has 0 saturated heterocycles. The molecule has 5 heteroatoms. The van der Waals surface area contributed by atoms with Gasteiger partial charge in [-0.2, -0.15) is 5.10 Å². The minimum atomic E-state index is -0.203. The molecule has 1 atom stereocenters. The minimum Gasteiger partial charge on any atom is -0.333 e. The van der Waals surface area contributed by atoms with Gasteiger partial charge in [-0.3, -0.25) is 0 Å². The summed E-state index contributed by atoms with van der Waals surface area (Å²) < 4.78 is 17.7. The Balaban J connectivity index is 1.50. The van der Waals surface area contributed by atoms with Crippen molar-refractivity contribution in [1.29, 1.82) is 0 Å². The summed E-state index contributed by atoms with van der Waals surface area (Å²) in [6.07, 6.45) is 6.57. The number of hydrogen-bond acceptors (Lipinski definition) is 2. The summed E-state index contributed by atoms with van der Waals surface area (Å²) in [6.45, 7) is 9.32. The molecule has 0 bridgehead atoms. The van der Waals surface area contributed by atoms with E-state index in [2.05, 4.69) is 52.4 Å². The van der Waals surface area contributed by atoms with Gasteiger partial charge < -0.3 is 4.57 Å². The molecular weight excluding hydrogens is 375 g/mol. The molecule has 3 heterocycles. The van der Waals surface area contributed by atoms with E-state index in [4.69, 9.17) is 0 Å². The number of imidazole rings is 1. The smallest absolute Gasteiger partial charge is 0.123 e.